The number of nitrogens with zero attached hydrogens (tertiary/aromatic N) is 1. The maximum absolute atomic E-state index is 11.9. The molecule has 0 aromatic carbocycles. The molecule has 0 aromatic rings. The second kappa shape index (κ2) is 5.86. The van der Waals surface area contributed by atoms with Gasteiger partial charge in [-0.1, -0.05) is 6.92 Å². The molecule has 0 aromatic heterocycles. The summed E-state index contributed by atoms with van der Waals surface area (Å²) < 4.78 is 4.76. The molecule has 1 aliphatic heterocycles. The quantitative estimate of drug-likeness (QED) is 0.756. The van der Waals surface area contributed by atoms with Crippen molar-refractivity contribution >= 4 is 12.0 Å². The summed E-state index contributed by atoms with van der Waals surface area (Å²) >= 11 is 0. The van der Waals surface area contributed by atoms with Gasteiger partial charge in [-0.15, -0.1) is 0 Å². The van der Waals surface area contributed by atoms with Gasteiger partial charge in [0.25, 0.3) is 0 Å². The van der Waals surface area contributed by atoms with Gasteiger partial charge >= 0.3 is 12.0 Å². The number of methoxy groups -OCH3 is 1. The highest BCUT2D eigenvalue weighted by atomic mass is 16.5. The first kappa shape index (κ1) is 13.8. The van der Waals surface area contributed by atoms with E-state index in [4.69, 9.17) is 9.84 Å². The third-order valence-corrected chi connectivity index (χ3v) is 2.97. The van der Waals surface area contributed by atoms with Crippen LogP contribution in [0.15, 0.2) is 0 Å². The maximum atomic E-state index is 11.9. The number of urea groups is 1. The number of hydrogen-bond donors (Lipinski definition) is 2. The monoisotopic (exact) mass is 244 g/mol. The predicted octanol–water partition coefficient (Wildman–Crippen LogP) is 0.526. The Hall–Kier alpha value is -1.30. The minimum Gasteiger partial charge on any atom is -0.480 e. The Labute approximate surface area is 101 Å². The first-order valence-electron chi connectivity index (χ1n) is 5.74. The van der Waals surface area contributed by atoms with Crippen LogP contribution in [0.3, 0.4) is 0 Å². The number of ether oxygens (including phenoxy) is 1. The predicted molar refractivity (Wildman–Crippen MR) is 61.8 cm³/mol. The molecule has 3 atom stereocenters. The number of aliphatic carboxylic acids is 1. The minimum absolute atomic E-state index is 0.0289. The Morgan fingerprint density at radius 3 is 2.59 bits per heavy atom. The van der Waals surface area contributed by atoms with E-state index in [1.54, 1.807) is 4.90 Å². The van der Waals surface area contributed by atoms with Crippen LogP contribution in [0, 0.1) is 5.92 Å². The van der Waals surface area contributed by atoms with E-state index in [1.165, 1.54) is 7.11 Å². The van der Waals surface area contributed by atoms with E-state index in [0.29, 0.717) is 12.5 Å². The van der Waals surface area contributed by atoms with Gasteiger partial charge in [0.1, 0.15) is 0 Å². The average Bonchev–Trinajstić information content (AvgIpc) is 2.57. The van der Waals surface area contributed by atoms with Gasteiger partial charge in [-0.2, -0.15) is 0 Å². The summed E-state index contributed by atoms with van der Waals surface area (Å²) in [6.07, 6.45) is 0.954. The fourth-order valence-corrected chi connectivity index (χ4v) is 2.16. The van der Waals surface area contributed by atoms with Gasteiger partial charge < -0.3 is 20.1 Å². The van der Waals surface area contributed by atoms with Crippen molar-refractivity contribution in [2.45, 2.75) is 32.4 Å². The molecule has 2 N–H and O–H groups in total. The normalized spacial score (nSPS) is 25.7. The van der Waals surface area contributed by atoms with Crippen LogP contribution in [0.1, 0.15) is 20.3 Å². The topological polar surface area (TPSA) is 78.9 Å². The molecule has 0 spiro atoms. The highest BCUT2D eigenvalue weighted by Gasteiger charge is 2.32. The fraction of sp³-hybridized carbons (Fsp3) is 0.818. The average molecular weight is 244 g/mol. The second-order valence-corrected chi connectivity index (χ2v) is 4.64. The van der Waals surface area contributed by atoms with Crippen LogP contribution in [-0.4, -0.2) is 54.4 Å². The molecule has 1 rings (SSSR count). The summed E-state index contributed by atoms with van der Waals surface area (Å²) in [6.45, 7) is 4.69. The molecule has 6 heteroatoms. The lowest BCUT2D eigenvalue weighted by molar-refractivity contribution is -0.140. The number of nitrogens with one attached hydrogen (secondary N) is 1. The number of carboxylic acids is 1. The lowest BCUT2D eigenvalue weighted by atomic mass is 10.1. The van der Waals surface area contributed by atoms with Crippen molar-refractivity contribution in [2.75, 3.05) is 20.3 Å². The Bertz CT molecular complexity index is 295. The van der Waals surface area contributed by atoms with Crippen molar-refractivity contribution in [3.05, 3.63) is 0 Å². The van der Waals surface area contributed by atoms with Crippen LogP contribution in [-0.2, 0) is 9.53 Å². The molecule has 1 fully saturated rings. The van der Waals surface area contributed by atoms with E-state index in [1.807, 2.05) is 6.92 Å². The van der Waals surface area contributed by atoms with Gasteiger partial charge in [0, 0.05) is 19.7 Å². The number of likely N-dealkylation sites (tertiary alicyclic amines) is 1. The van der Waals surface area contributed by atoms with Crippen LogP contribution in [0.4, 0.5) is 4.79 Å². The van der Waals surface area contributed by atoms with E-state index >= 15 is 0 Å². The summed E-state index contributed by atoms with van der Waals surface area (Å²) in [6, 6.07) is -1.16. The van der Waals surface area contributed by atoms with Crippen molar-refractivity contribution < 1.29 is 19.4 Å². The molecule has 98 valence electrons. The van der Waals surface area contributed by atoms with Gasteiger partial charge in [0.2, 0.25) is 0 Å². The van der Waals surface area contributed by atoms with Crippen LogP contribution in [0.5, 0.6) is 0 Å². The van der Waals surface area contributed by atoms with Gasteiger partial charge in [-0.05, 0) is 19.3 Å². The number of rotatable bonds is 4. The zero-order valence-corrected chi connectivity index (χ0v) is 10.5. The van der Waals surface area contributed by atoms with E-state index in [9.17, 15) is 9.59 Å². The highest BCUT2D eigenvalue weighted by molar-refractivity contribution is 5.83. The zero-order valence-electron chi connectivity index (χ0n) is 10.5. The molecule has 1 aliphatic rings. The molecule has 0 aliphatic carbocycles. The summed E-state index contributed by atoms with van der Waals surface area (Å²) in [4.78, 5) is 24.4. The Morgan fingerprint density at radius 2 is 2.18 bits per heavy atom. The molecule has 2 amide bonds. The largest absolute Gasteiger partial charge is 0.480 e. The Balaban J connectivity index is 2.55. The molecule has 0 radical (unpaired) electrons. The third kappa shape index (κ3) is 3.59. The van der Waals surface area contributed by atoms with Crippen LogP contribution in [0.25, 0.3) is 0 Å². The Morgan fingerprint density at radius 1 is 1.53 bits per heavy atom. The molecule has 6 nitrogen and oxygen atoms in total. The van der Waals surface area contributed by atoms with Crippen molar-refractivity contribution in [2.24, 2.45) is 5.92 Å². The van der Waals surface area contributed by atoms with Crippen LogP contribution < -0.4 is 5.32 Å². The van der Waals surface area contributed by atoms with Gasteiger partial charge in [-0.3, -0.25) is 0 Å². The number of hydrogen-bond acceptors (Lipinski definition) is 3. The van der Waals surface area contributed by atoms with Gasteiger partial charge in [0.15, 0.2) is 6.04 Å². The Kier molecular flexibility index (Phi) is 4.74. The summed E-state index contributed by atoms with van der Waals surface area (Å²) in [5.74, 6) is -0.624. The standard InChI is InChI=1S/C11H20N2O4/c1-7-4-8(2)13(5-7)11(16)12-9(6-17-3)10(14)15/h7-9H,4-6H2,1-3H3,(H,12,16)(H,14,15). The van der Waals surface area contributed by atoms with Crippen molar-refractivity contribution in [1.82, 2.24) is 10.2 Å². The maximum Gasteiger partial charge on any atom is 0.328 e. The van der Waals surface area contributed by atoms with Gasteiger partial charge in [-0.25, -0.2) is 9.59 Å². The minimum atomic E-state index is -1.08. The van der Waals surface area contributed by atoms with Crippen molar-refractivity contribution in [3.63, 3.8) is 0 Å². The van der Waals surface area contributed by atoms with Crippen LogP contribution in [0.2, 0.25) is 0 Å². The van der Waals surface area contributed by atoms with E-state index in [0.717, 1.165) is 6.42 Å². The van der Waals surface area contributed by atoms with Gasteiger partial charge in [0.05, 0.1) is 6.61 Å². The SMILES string of the molecule is COCC(NC(=O)N1CC(C)CC1C)C(=O)O. The lowest BCUT2D eigenvalue weighted by Crippen LogP contribution is -2.50. The number of carboxylic acid groups (broad SMARTS) is 1. The first-order chi connectivity index (χ1) is 7.95. The smallest absolute Gasteiger partial charge is 0.328 e. The molecular formula is C11H20N2O4. The number of carbonyl (C=O) groups excluding carboxylic acids is 1. The molecule has 3 unspecified atom stereocenters. The van der Waals surface area contributed by atoms with E-state index < -0.39 is 12.0 Å². The van der Waals surface area contributed by atoms with Crippen molar-refractivity contribution in [3.8, 4) is 0 Å². The molecule has 1 heterocycles. The van der Waals surface area contributed by atoms with E-state index in [-0.39, 0.29) is 18.7 Å². The summed E-state index contributed by atoms with van der Waals surface area (Å²) in [7, 11) is 1.41. The molecule has 17 heavy (non-hydrogen) atoms. The van der Waals surface area contributed by atoms with Crippen LogP contribution >= 0.6 is 0 Å². The third-order valence-electron chi connectivity index (χ3n) is 2.97. The molecular weight excluding hydrogens is 224 g/mol. The second-order valence-electron chi connectivity index (χ2n) is 4.64. The number of carbonyl (C=O) groups is 2. The van der Waals surface area contributed by atoms with Crippen molar-refractivity contribution in [1.29, 1.82) is 0 Å². The molecule has 0 saturated carbocycles. The number of amides is 2. The lowest BCUT2D eigenvalue weighted by Gasteiger charge is -2.24. The highest BCUT2D eigenvalue weighted by Crippen LogP contribution is 2.22. The zero-order chi connectivity index (χ0) is 13.0. The first-order valence-corrected chi connectivity index (χ1v) is 5.74. The summed E-state index contributed by atoms with van der Waals surface area (Å²) in [5, 5.41) is 11.4. The molecule has 0 bridgehead atoms. The summed E-state index contributed by atoms with van der Waals surface area (Å²) in [5.41, 5.74) is 0. The fourth-order valence-electron chi connectivity index (χ4n) is 2.16. The molecule has 1 saturated heterocycles. The van der Waals surface area contributed by atoms with E-state index in [2.05, 4.69) is 12.2 Å².